The molecule has 0 N–H and O–H groups in total. The lowest BCUT2D eigenvalue weighted by Gasteiger charge is -2.25. The normalized spacial score (nSPS) is 19.2. The SMILES string of the molecule is CN(C[C@H]1Cc2ccccc2O1)C(=O)CCn1nnnc1CN1CCOCC1. The minimum absolute atomic E-state index is 0.0104. The molecule has 2 aliphatic heterocycles. The van der Waals surface area contributed by atoms with Crippen molar-refractivity contribution in [1.82, 2.24) is 30.0 Å². The minimum Gasteiger partial charge on any atom is -0.488 e. The number of morpholine rings is 1. The number of para-hydroxylation sites is 1. The van der Waals surface area contributed by atoms with Gasteiger partial charge >= 0.3 is 0 Å². The smallest absolute Gasteiger partial charge is 0.224 e. The molecule has 3 heterocycles. The zero-order chi connectivity index (χ0) is 19.3. The fraction of sp³-hybridized carbons (Fsp3) is 0.579. The Morgan fingerprint density at radius 2 is 2.11 bits per heavy atom. The topological polar surface area (TPSA) is 85.6 Å². The van der Waals surface area contributed by atoms with Gasteiger partial charge in [-0.05, 0) is 22.1 Å². The molecular formula is C19H26N6O3. The lowest BCUT2D eigenvalue weighted by Crippen LogP contribution is -2.37. The second-order valence-corrected chi connectivity index (χ2v) is 7.28. The van der Waals surface area contributed by atoms with Crippen molar-refractivity contribution in [2.24, 2.45) is 0 Å². The van der Waals surface area contributed by atoms with Crippen LogP contribution in [0.4, 0.5) is 0 Å². The van der Waals surface area contributed by atoms with Crippen molar-refractivity contribution in [2.45, 2.75) is 32.0 Å². The molecule has 1 saturated heterocycles. The van der Waals surface area contributed by atoms with Crippen LogP contribution in [0.15, 0.2) is 24.3 Å². The summed E-state index contributed by atoms with van der Waals surface area (Å²) in [7, 11) is 1.82. The van der Waals surface area contributed by atoms with Crippen LogP contribution in [0.5, 0.6) is 5.75 Å². The number of hydrogen-bond donors (Lipinski definition) is 0. The van der Waals surface area contributed by atoms with E-state index in [4.69, 9.17) is 9.47 Å². The number of carbonyl (C=O) groups excluding carboxylic acids is 1. The summed E-state index contributed by atoms with van der Waals surface area (Å²) in [6, 6.07) is 8.03. The Morgan fingerprint density at radius 1 is 1.29 bits per heavy atom. The molecule has 2 aromatic rings. The van der Waals surface area contributed by atoms with Crippen molar-refractivity contribution in [3.8, 4) is 5.75 Å². The van der Waals surface area contributed by atoms with Crippen LogP contribution >= 0.6 is 0 Å². The quantitative estimate of drug-likeness (QED) is 0.679. The van der Waals surface area contributed by atoms with E-state index < -0.39 is 0 Å². The summed E-state index contributed by atoms with van der Waals surface area (Å²) in [5.74, 6) is 1.77. The van der Waals surface area contributed by atoms with Gasteiger partial charge < -0.3 is 14.4 Å². The van der Waals surface area contributed by atoms with E-state index in [0.29, 0.717) is 26.1 Å². The van der Waals surface area contributed by atoms with Crippen molar-refractivity contribution >= 4 is 5.91 Å². The number of ether oxygens (including phenoxy) is 2. The molecule has 150 valence electrons. The van der Waals surface area contributed by atoms with E-state index in [0.717, 1.165) is 44.3 Å². The molecule has 9 heteroatoms. The van der Waals surface area contributed by atoms with Crippen LogP contribution in [-0.4, -0.2) is 81.9 Å². The number of hydrogen-bond acceptors (Lipinski definition) is 7. The average molecular weight is 386 g/mol. The lowest BCUT2D eigenvalue weighted by atomic mass is 10.1. The van der Waals surface area contributed by atoms with Crippen molar-refractivity contribution in [3.63, 3.8) is 0 Å². The lowest BCUT2D eigenvalue weighted by molar-refractivity contribution is -0.131. The van der Waals surface area contributed by atoms with Crippen LogP contribution in [0, 0.1) is 0 Å². The van der Waals surface area contributed by atoms with Gasteiger partial charge in [-0.25, -0.2) is 4.68 Å². The van der Waals surface area contributed by atoms with E-state index in [2.05, 4.69) is 26.5 Å². The maximum Gasteiger partial charge on any atom is 0.224 e. The summed E-state index contributed by atoms with van der Waals surface area (Å²) >= 11 is 0. The summed E-state index contributed by atoms with van der Waals surface area (Å²) in [6.07, 6.45) is 1.21. The largest absolute Gasteiger partial charge is 0.488 e. The first-order valence-corrected chi connectivity index (χ1v) is 9.72. The highest BCUT2D eigenvalue weighted by atomic mass is 16.5. The Labute approximate surface area is 164 Å². The van der Waals surface area contributed by atoms with Gasteiger partial charge in [0.2, 0.25) is 5.91 Å². The van der Waals surface area contributed by atoms with Crippen LogP contribution in [0.2, 0.25) is 0 Å². The molecule has 4 rings (SSSR count). The van der Waals surface area contributed by atoms with Gasteiger partial charge in [-0.1, -0.05) is 18.2 Å². The Balaban J connectivity index is 1.25. The first-order chi connectivity index (χ1) is 13.7. The number of aryl methyl sites for hydroxylation is 1. The Hall–Kier alpha value is -2.52. The van der Waals surface area contributed by atoms with Gasteiger partial charge in [-0.15, -0.1) is 5.10 Å². The molecule has 1 atom stereocenters. The maximum atomic E-state index is 12.6. The van der Waals surface area contributed by atoms with Gasteiger partial charge in [-0.3, -0.25) is 9.69 Å². The Morgan fingerprint density at radius 3 is 2.93 bits per heavy atom. The van der Waals surface area contributed by atoms with Crippen LogP contribution in [0.3, 0.4) is 0 Å². The molecule has 0 spiro atoms. The molecule has 0 aliphatic carbocycles. The number of likely N-dealkylation sites (N-methyl/N-ethyl adjacent to an activating group) is 1. The van der Waals surface area contributed by atoms with Gasteiger partial charge in [0, 0.05) is 33.0 Å². The van der Waals surface area contributed by atoms with Crippen LogP contribution < -0.4 is 4.74 Å². The average Bonchev–Trinajstić information content (AvgIpc) is 3.32. The Bertz CT molecular complexity index is 779. The zero-order valence-electron chi connectivity index (χ0n) is 16.2. The van der Waals surface area contributed by atoms with Gasteiger partial charge in [0.25, 0.3) is 0 Å². The van der Waals surface area contributed by atoms with Crippen LogP contribution in [0.1, 0.15) is 17.8 Å². The molecule has 0 saturated carbocycles. The van der Waals surface area contributed by atoms with E-state index in [1.54, 1.807) is 9.58 Å². The van der Waals surface area contributed by atoms with Gasteiger partial charge in [0.15, 0.2) is 5.82 Å². The Kier molecular flexibility index (Phi) is 5.82. The first-order valence-electron chi connectivity index (χ1n) is 9.72. The minimum atomic E-state index is 0.0104. The number of carbonyl (C=O) groups is 1. The maximum absolute atomic E-state index is 12.6. The van der Waals surface area contributed by atoms with Crippen LogP contribution in [-0.2, 0) is 29.0 Å². The first kappa shape index (κ1) is 18.8. The summed E-state index contributed by atoms with van der Waals surface area (Å²) in [6.45, 7) is 4.94. The second kappa shape index (κ2) is 8.66. The molecular weight excluding hydrogens is 360 g/mol. The van der Waals surface area contributed by atoms with Crippen molar-refractivity contribution in [1.29, 1.82) is 0 Å². The number of tetrazole rings is 1. The third-order valence-electron chi connectivity index (χ3n) is 5.23. The molecule has 0 bridgehead atoms. The molecule has 1 aromatic heterocycles. The molecule has 0 unspecified atom stereocenters. The number of rotatable bonds is 7. The number of nitrogens with zero attached hydrogens (tertiary/aromatic N) is 6. The van der Waals surface area contributed by atoms with Crippen molar-refractivity contribution in [2.75, 3.05) is 39.9 Å². The highest BCUT2D eigenvalue weighted by Gasteiger charge is 2.25. The molecule has 1 fully saturated rings. The fourth-order valence-corrected chi connectivity index (χ4v) is 3.62. The van der Waals surface area contributed by atoms with Crippen LogP contribution in [0.25, 0.3) is 0 Å². The summed E-state index contributed by atoms with van der Waals surface area (Å²) in [4.78, 5) is 16.6. The van der Waals surface area contributed by atoms with Crippen molar-refractivity contribution < 1.29 is 14.3 Å². The third-order valence-corrected chi connectivity index (χ3v) is 5.23. The summed E-state index contributed by atoms with van der Waals surface area (Å²) in [5, 5.41) is 11.9. The van der Waals surface area contributed by atoms with E-state index >= 15 is 0 Å². The van der Waals surface area contributed by atoms with E-state index in [1.807, 2.05) is 25.2 Å². The molecule has 1 amide bonds. The zero-order valence-corrected chi connectivity index (χ0v) is 16.2. The second-order valence-electron chi connectivity index (χ2n) is 7.28. The summed E-state index contributed by atoms with van der Waals surface area (Å²) in [5.41, 5.74) is 1.20. The predicted molar refractivity (Wildman–Crippen MR) is 101 cm³/mol. The van der Waals surface area contributed by atoms with Gasteiger partial charge in [0.1, 0.15) is 11.9 Å². The monoisotopic (exact) mass is 386 g/mol. The molecule has 1 aromatic carbocycles. The van der Waals surface area contributed by atoms with E-state index in [-0.39, 0.29) is 12.0 Å². The molecule has 28 heavy (non-hydrogen) atoms. The highest BCUT2D eigenvalue weighted by Crippen LogP contribution is 2.28. The third kappa shape index (κ3) is 4.48. The fourth-order valence-electron chi connectivity index (χ4n) is 3.62. The van der Waals surface area contributed by atoms with Gasteiger partial charge in [0.05, 0.1) is 32.8 Å². The number of aromatic nitrogens is 4. The van der Waals surface area contributed by atoms with E-state index in [9.17, 15) is 4.79 Å². The van der Waals surface area contributed by atoms with Crippen molar-refractivity contribution in [3.05, 3.63) is 35.7 Å². The van der Waals surface area contributed by atoms with E-state index in [1.165, 1.54) is 5.56 Å². The van der Waals surface area contributed by atoms with Gasteiger partial charge in [-0.2, -0.15) is 0 Å². The molecule has 0 radical (unpaired) electrons. The number of benzene rings is 1. The standard InChI is InChI=1S/C19H26N6O3/c1-23(13-16-12-15-4-2-3-5-17(15)28-16)19(26)6-7-25-18(20-21-22-25)14-24-8-10-27-11-9-24/h2-5,16H,6-14H2,1H3/t16-/m1/s1. The molecule has 2 aliphatic rings. The number of amides is 1. The molecule has 9 nitrogen and oxygen atoms in total. The summed E-state index contributed by atoms with van der Waals surface area (Å²) < 4.78 is 13.0. The predicted octanol–water partition coefficient (Wildman–Crippen LogP) is 0.358. The number of fused-ring (bicyclic) bond motifs is 1. The highest BCUT2D eigenvalue weighted by molar-refractivity contribution is 5.75.